The lowest BCUT2D eigenvalue weighted by atomic mass is 10.0. The Morgan fingerprint density at radius 2 is 1.50 bits per heavy atom. The van der Waals surface area contributed by atoms with Crippen LogP contribution in [0.15, 0.2) is 108 Å². The summed E-state index contributed by atoms with van der Waals surface area (Å²) >= 11 is 0. The van der Waals surface area contributed by atoms with E-state index in [-0.39, 0.29) is 18.7 Å². The number of carboxylic acid groups (broad SMARTS) is 1. The molecule has 1 saturated heterocycles. The Bertz CT molecular complexity index is 1890. The first-order valence-corrected chi connectivity index (χ1v) is 15.1. The van der Waals surface area contributed by atoms with E-state index in [1.54, 1.807) is 42.5 Å². The number of hydrogen-bond acceptors (Lipinski definition) is 10. The van der Waals surface area contributed by atoms with E-state index in [2.05, 4.69) is 15.0 Å². The molecule has 0 spiro atoms. The maximum absolute atomic E-state index is 14.9. The number of rotatable bonds is 10. The third-order valence-electron chi connectivity index (χ3n) is 7.92. The Morgan fingerprint density at radius 3 is 2.17 bits per heavy atom. The number of nitrogens with zero attached hydrogens (tertiary/aromatic N) is 3. The summed E-state index contributed by atoms with van der Waals surface area (Å²) in [5.74, 6) is -2.01. The van der Waals surface area contributed by atoms with Crippen LogP contribution in [-0.4, -0.2) is 63.7 Å². The van der Waals surface area contributed by atoms with Gasteiger partial charge in [-0.2, -0.15) is 4.98 Å². The fraction of sp³-hybridized carbons (Fsp3) is 0.194. The minimum absolute atomic E-state index is 0.0671. The van der Waals surface area contributed by atoms with Gasteiger partial charge in [0, 0.05) is 54.7 Å². The molecule has 12 heteroatoms. The molecule has 0 amide bonds. The number of carbonyl (C=O) groups excluding carboxylic acids is 2. The lowest BCUT2D eigenvalue weighted by Gasteiger charge is -2.38. The van der Waals surface area contributed by atoms with Crippen molar-refractivity contribution < 1.29 is 42.6 Å². The summed E-state index contributed by atoms with van der Waals surface area (Å²) in [7, 11) is 0. The maximum atomic E-state index is 14.9. The minimum atomic E-state index is -1.74. The number of ketones is 1. The van der Waals surface area contributed by atoms with Gasteiger partial charge in [0.1, 0.15) is 5.82 Å². The molecule has 4 aromatic carbocycles. The first kappa shape index (κ1) is 32.1. The topological polar surface area (TPSA) is 141 Å². The quantitative estimate of drug-likeness (QED) is 0.0928. The molecule has 6 rings (SSSR count). The van der Waals surface area contributed by atoms with Crippen molar-refractivity contribution in [2.45, 2.75) is 25.2 Å². The predicted octanol–water partition coefficient (Wildman–Crippen LogP) is 7.23. The molecule has 1 aliphatic rings. The first-order chi connectivity index (χ1) is 23.3. The standard InChI is InChI=1S/C36H30FN3O8/c37-30-21-28(15-16-29(30)25-7-3-1-4-8-25)33-38-32(39-48-33)27-13-11-24(12-14-27)22-40-19-17-36(18-20-40,46-34(42)43)47-35(44)45-23-31(41)26-9-5-2-6-10-26/h1-16,21H,17-20,22-23H2,(H,42,43). The number of ether oxygens (including phenoxy) is 3. The largest absolute Gasteiger partial charge is 0.512 e. The lowest BCUT2D eigenvalue weighted by Crippen LogP contribution is -2.49. The van der Waals surface area contributed by atoms with Crippen LogP contribution in [-0.2, 0) is 20.8 Å². The third-order valence-corrected chi connectivity index (χ3v) is 7.92. The van der Waals surface area contributed by atoms with Crippen molar-refractivity contribution in [3.05, 3.63) is 120 Å². The van der Waals surface area contributed by atoms with E-state index < -0.39 is 36.3 Å². The van der Waals surface area contributed by atoms with Crippen molar-refractivity contribution in [1.82, 2.24) is 15.0 Å². The van der Waals surface area contributed by atoms with Gasteiger partial charge in [-0.15, -0.1) is 0 Å². The van der Waals surface area contributed by atoms with Gasteiger partial charge in [0.2, 0.25) is 5.82 Å². The number of Topliss-reactive ketones (excluding diaryl/α,β-unsaturated/α-hetero) is 1. The smallest absolute Gasteiger partial charge is 0.450 e. The predicted molar refractivity (Wildman–Crippen MR) is 170 cm³/mol. The molecule has 0 unspecified atom stereocenters. The van der Waals surface area contributed by atoms with Crippen molar-refractivity contribution in [1.29, 1.82) is 0 Å². The number of aromatic nitrogens is 2. The van der Waals surface area contributed by atoms with Crippen LogP contribution in [0.2, 0.25) is 0 Å². The van der Waals surface area contributed by atoms with E-state index in [1.807, 2.05) is 54.6 Å². The Labute approximate surface area is 274 Å². The van der Waals surface area contributed by atoms with E-state index in [1.165, 1.54) is 6.07 Å². The Balaban J connectivity index is 1.03. The molecule has 0 radical (unpaired) electrons. The molecule has 0 aliphatic carbocycles. The van der Waals surface area contributed by atoms with Gasteiger partial charge in [-0.1, -0.05) is 96.2 Å². The van der Waals surface area contributed by atoms with Gasteiger partial charge in [-0.3, -0.25) is 9.69 Å². The van der Waals surface area contributed by atoms with E-state index >= 15 is 0 Å². The molecule has 0 saturated carbocycles. The lowest BCUT2D eigenvalue weighted by molar-refractivity contribution is -0.208. The van der Waals surface area contributed by atoms with Crippen LogP contribution in [0.4, 0.5) is 14.0 Å². The summed E-state index contributed by atoms with van der Waals surface area (Å²) in [6.45, 7) is 0.696. The number of benzene rings is 4. The van der Waals surface area contributed by atoms with Gasteiger partial charge < -0.3 is 23.8 Å². The normalized spacial score (nSPS) is 14.2. The molecular formula is C36H30FN3O8. The van der Waals surface area contributed by atoms with Crippen molar-refractivity contribution in [3.8, 4) is 34.0 Å². The maximum Gasteiger partial charge on any atom is 0.512 e. The van der Waals surface area contributed by atoms with Crippen LogP contribution in [0.1, 0.15) is 28.8 Å². The summed E-state index contributed by atoms with van der Waals surface area (Å²) in [5, 5.41) is 13.4. The molecule has 5 aromatic rings. The zero-order valence-corrected chi connectivity index (χ0v) is 25.6. The van der Waals surface area contributed by atoms with Gasteiger partial charge in [0.15, 0.2) is 12.4 Å². The summed E-state index contributed by atoms with van der Waals surface area (Å²) in [5.41, 5.74) is 3.76. The highest BCUT2D eigenvalue weighted by Gasteiger charge is 2.43. The second-order valence-electron chi connectivity index (χ2n) is 11.2. The Hall–Kier alpha value is -5.88. The van der Waals surface area contributed by atoms with Crippen molar-refractivity contribution >= 4 is 18.1 Å². The van der Waals surface area contributed by atoms with E-state index in [0.717, 1.165) is 11.1 Å². The molecular weight excluding hydrogens is 621 g/mol. The van der Waals surface area contributed by atoms with Gasteiger partial charge in [0.05, 0.1) is 0 Å². The highest BCUT2D eigenvalue weighted by molar-refractivity contribution is 5.97. The van der Waals surface area contributed by atoms with Gasteiger partial charge in [-0.05, 0) is 23.3 Å². The first-order valence-electron chi connectivity index (χ1n) is 15.1. The summed E-state index contributed by atoms with van der Waals surface area (Å²) < 4.78 is 35.6. The fourth-order valence-corrected chi connectivity index (χ4v) is 5.42. The molecule has 2 heterocycles. The molecule has 244 valence electrons. The number of likely N-dealkylation sites (tertiary alicyclic amines) is 1. The second kappa shape index (κ2) is 14.3. The van der Waals surface area contributed by atoms with Crippen LogP contribution < -0.4 is 0 Å². The fourth-order valence-electron chi connectivity index (χ4n) is 5.42. The number of hydrogen-bond donors (Lipinski definition) is 1. The summed E-state index contributed by atoms with van der Waals surface area (Å²) in [6, 6.07) is 29.9. The van der Waals surface area contributed by atoms with E-state index in [4.69, 9.17) is 18.7 Å². The molecule has 11 nitrogen and oxygen atoms in total. The number of halogens is 1. The Kier molecular flexibility index (Phi) is 9.53. The van der Waals surface area contributed by atoms with E-state index in [0.29, 0.717) is 47.7 Å². The van der Waals surface area contributed by atoms with Crippen molar-refractivity contribution in [3.63, 3.8) is 0 Å². The third kappa shape index (κ3) is 7.73. The minimum Gasteiger partial charge on any atom is -0.450 e. The SMILES string of the molecule is O=C(O)OC1(OC(=O)OCC(=O)c2ccccc2)CCN(Cc2ccc(-c3noc(-c4ccc(-c5ccccc5)c(F)c4)n3)cc2)CC1. The highest BCUT2D eigenvalue weighted by Crippen LogP contribution is 2.31. The second-order valence-corrected chi connectivity index (χ2v) is 11.2. The van der Waals surface area contributed by atoms with Crippen LogP contribution >= 0.6 is 0 Å². The molecule has 1 aromatic heterocycles. The molecule has 1 aliphatic heterocycles. The monoisotopic (exact) mass is 651 g/mol. The van der Waals surface area contributed by atoms with Crippen LogP contribution in [0.3, 0.4) is 0 Å². The zero-order valence-electron chi connectivity index (χ0n) is 25.6. The molecule has 0 atom stereocenters. The summed E-state index contributed by atoms with van der Waals surface area (Å²) in [6.07, 6.45) is -2.65. The van der Waals surface area contributed by atoms with Crippen molar-refractivity contribution in [2.75, 3.05) is 19.7 Å². The number of piperidine rings is 1. The number of carbonyl (C=O) groups is 3. The van der Waals surface area contributed by atoms with Crippen LogP contribution in [0, 0.1) is 5.82 Å². The molecule has 1 N–H and O–H groups in total. The molecule has 48 heavy (non-hydrogen) atoms. The van der Waals surface area contributed by atoms with Crippen molar-refractivity contribution in [2.24, 2.45) is 0 Å². The average Bonchev–Trinajstić information content (AvgIpc) is 3.60. The van der Waals surface area contributed by atoms with E-state index in [9.17, 15) is 23.9 Å². The summed E-state index contributed by atoms with van der Waals surface area (Å²) in [4.78, 5) is 42.6. The van der Waals surface area contributed by atoms with Gasteiger partial charge in [-0.25, -0.2) is 14.0 Å². The van der Waals surface area contributed by atoms with Crippen LogP contribution in [0.25, 0.3) is 34.0 Å². The Morgan fingerprint density at radius 1 is 0.833 bits per heavy atom. The molecule has 1 fully saturated rings. The highest BCUT2D eigenvalue weighted by atomic mass is 19.1. The zero-order chi connectivity index (χ0) is 33.5. The van der Waals surface area contributed by atoms with Crippen LogP contribution in [0.5, 0.6) is 0 Å². The van der Waals surface area contributed by atoms with Gasteiger partial charge >= 0.3 is 12.3 Å². The van der Waals surface area contributed by atoms with Gasteiger partial charge in [0.25, 0.3) is 11.7 Å². The average molecular weight is 652 g/mol. The molecule has 0 bridgehead atoms.